The summed E-state index contributed by atoms with van der Waals surface area (Å²) in [7, 11) is 1.55. The molecule has 3 rings (SSSR count). The van der Waals surface area contributed by atoms with E-state index in [9.17, 15) is 10.1 Å². The molecule has 1 unspecified atom stereocenters. The second-order valence-electron chi connectivity index (χ2n) is 5.82. The lowest BCUT2D eigenvalue weighted by Gasteiger charge is -2.16. The van der Waals surface area contributed by atoms with Gasteiger partial charge in [0.15, 0.2) is 0 Å². The van der Waals surface area contributed by atoms with E-state index in [1.54, 1.807) is 17.9 Å². The fourth-order valence-corrected chi connectivity index (χ4v) is 2.60. The van der Waals surface area contributed by atoms with Gasteiger partial charge in [-0.2, -0.15) is 0 Å². The number of aromatic nitrogens is 3. The molecular weight excluding hydrogens is 334 g/mol. The summed E-state index contributed by atoms with van der Waals surface area (Å²) in [6, 6.07) is 14.2. The molecule has 0 radical (unpaired) electrons. The van der Waals surface area contributed by atoms with Crippen LogP contribution < -0.4 is 5.32 Å². The van der Waals surface area contributed by atoms with Gasteiger partial charge in [-0.05, 0) is 25.1 Å². The summed E-state index contributed by atoms with van der Waals surface area (Å²) in [5.41, 5.74) is 3.19. The predicted octanol–water partition coefficient (Wildman–Crippen LogP) is 3.50. The predicted molar refractivity (Wildman–Crippen MR) is 97.2 cm³/mol. The maximum atomic E-state index is 11.0. The molecule has 0 aliphatic rings. The SMILES string of the molecule is COCc1cc([N+](=O)[O-])ccc1NC(C)c1cn(-c2ccccc2)nn1. The molecule has 1 N–H and O–H groups in total. The van der Waals surface area contributed by atoms with Crippen LogP contribution in [-0.4, -0.2) is 27.0 Å². The number of nitrogens with zero attached hydrogens (tertiary/aromatic N) is 4. The highest BCUT2D eigenvalue weighted by molar-refractivity contribution is 5.56. The number of hydrogen-bond donors (Lipinski definition) is 1. The van der Waals surface area contributed by atoms with Crippen LogP contribution >= 0.6 is 0 Å². The molecule has 0 bridgehead atoms. The van der Waals surface area contributed by atoms with E-state index in [4.69, 9.17) is 4.74 Å². The Labute approximate surface area is 150 Å². The lowest BCUT2D eigenvalue weighted by atomic mass is 10.1. The minimum Gasteiger partial charge on any atom is -0.380 e. The standard InChI is InChI=1S/C18H19N5O3/c1-13(18-11-22(21-20-18)15-6-4-3-5-7-15)19-17-9-8-16(23(24)25)10-14(17)12-26-2/h3-11,13,19H,12H2,1-2H3. The molecule has 1 heterocycles. The number of benzene rings is 2. The Kier molecular flexibility index (Phi) is 5.23. The average Bonchev–Trinajstić information content (AvgIpc) is 3.14. The van der Waals surface area contributed by atoms with Crippen molar-refractivity contribution in [2.75, 3.05) is 12.4 Å². The maximum absolute atomic E-state index is 11.0. The van der Waals surface area contributed by atoms with Crippen molar-refractivity contribution < 1.29 is 9.66 Å². The highest BCUT2D eigenvalue weighted by Crippen LogP contribution is 2.26. The zero-order valence-electron chi connectivity index (χ0n) is 14.5. The molecule has 0 saturated carbocycles. The summed E-state index contributed by atoms with van der Waals surface area (Å²) < 4.78 is 6.87. The van der Waals surface area contributed by atoms with Gasteiger partial charge in [0, 0.05) is 30.5 Å². The van der Waals surface area contributed by atoms with E-state index in [-0.39, 0.29) is 18.3 Å². The van der Waals surface area contributed by atoms with Crippen LogP contribution in [0.3, 0.4) is 0 Å². The third-order valence-corrected chi connectivity index (χ3v) is 3.95. The van der Waals surface area contributed by atoms with E-state index >= 15 is 0 Å². The monoisotopic (exact) mass is 353 g/mol. The first kappa shape index (κ1) is 17.6. The Bertz CT molecular complexity index is 895. The molecule has 0 aliphatic carbocycles. The van der Waals surface area contributed by atoms with Crippen molar-refractivity contribution in [1.82, 2.24) is 15.0 Å². The number of ether oxygens (including phenoxy) is 1. The van der Waals surface area contributed by atoms with Crippen molar-refractivity contribution in [3.8, 4) is 5.69 Å². The van der Waals surface area contributed by atoms with Crippen LogP contribution in [0, 0.1) is 10.1 Å². The van der Waals surface area contributed by atoms with Crippen LogP contribution in [-0.2, 0) is 11.3 Å². The van der Waals surface area contributed by atoms with Crippen molar-refractivity contribution in [1.29, 1.82) is 0 Å². The Hall–Kier alpha value is -3.26. The fraction of sp³-hybridized carbons (Fsp3) is 0.222. The molecule has 0 fully saturated rings. The molecular formula is C18H19N5O3. The number of nitro benzene ring substituents is 1. The van der Waals surface area contributed by atoms with Crippen molar-refractivity contribution in [3.05, 3.63) is 76.1 Å². The number of nitro groups is 1. The number of anilines is 1. The van der Waals surface area contributed by atoms with E-state index < -0.39 is 4.92 Å². The highest BCUT2D eigenvalue weighted by Gasteiger charge is 2.15. The van der Waals surface area contributed by atoms with Crippen LogP contribution in [0.4, 0.5) is 11.4 Å². The molecule has 0 spiro atoms. The van der Waals surface area contributed by atoms with Gasteiger partial charge in [0.2, 0.25) is 0 Å². The third kappa shape index (κ3) is 3.86. The Morgan fingerprint density at radius 3 is 2.73 bits per heavy atom. The quantitative estimate of drug-likeness (QED) is 0.516. The van der Waals surface area contributed by atoms with Crippen LogP contribution in [0.15, 0.2) is 54.7 Å². The van der Waals surface area contributed by atoms with Crippen LogP contribution in [0.1, 0.15) is 24.2 Å². The first-order chi connectivity index (χ1) is 12.6. The number of para-hydroxylation sites is 1. The summed E-state index contributed by atoms with van der Waals surface area (Å²) in [5, 5.41) is 22.7. The van der Waals surface area contributed by atoms with Gasteiger partial charge < -0.3 is 10.1 Å². The average molecular weight is 353 g/mol. The Balaban J connectivity index is 1.80. The number of rotatable bonds is 7. The molecule has 26 heavy (non-hydrogen) atoms. The molecule has 0 saturated heterocycles. The van der Waals surface area contributed by atoms with E-state index in [0.717, 1.165) is 17.1 Å². The number of nitrogens with one attached hydrogen (secondary N) is 1. The minimum atomic E-state index is -0.419. The number of hydrogen-bond acceptors (Lipinski definition) is 6. The second-order valence-corrected chi connectivity index (χ2v) is 5.82. The van der Waals surface area contributed by atoms with E-state index in [1.807, 2.05) is 43.5 Å². The van der Waals surface area contributed by atoms with E-state index in [2.05, 4.69) is 15.6 Å². The number of methoxy groups -OCH3 is 1. The van der Waals surface area contributed by atoms with Crippen LogP contribution in [0.25, 0.3) is 5.69 Å². The van der Waals surface area contributed by atoms with Crippen LogP contribution in [0.2, 0.25) is 0 Å². The van der Waals surface area contributed by atoms with Crippen molar-refractivity contribution in [2.45, 2.75) is 19.6 Å². The lowest BCUT2D eigenvalue weighted by Crippen LogP contribution is -2.09. The molecule has 3 aromatic rings. The van der Waals surface area contributed by atoms with E-state index in [1.165, 1.54) is 12.1 Å². The Morgan fingerprint density at radius 2 is 2.04 bits per heavy atom. The number of non-ortho nitro benzene ring substituents is 1. The summed E-state index contributed by atoms with van der Waals surface area (Å²) in [4.78, 5) is 10.6. The fourth-order valence-electron chi connectivity index (χ4n) is 2.60. The molecule has 8 heteroatoms. The molecule has 0 amide bonds. The van der Waals surface area contributed by atoms with Gasteiger partial charge in [-0.3, -0.25) is 10.1 Å². The summed E-state index contributed by atoms with van der Waals surface area (Å²) in [6.07, 6.45) is 1.86. The van der Waals surface area contributed by atoms with Gasteiger partial charge in [0.05, 0.1) is 29.5 Å². The molecule has 1 aromatic heterocycles. The summed E-state index contributed by atoms with van der Waals surface area (Å²) in [5.74, 6) is 0. The molecule has 1 atom stereocenters. The Morgan fingerprint density at radius 1 is 1.27 bits per heavy atom. The summed E-state index contributed by atoms with van der Waals surface area (Å²) >= 11 is 0. The normalized spacial score (nSPS) is 11.9. The van der Waals surface area contributed by atoms with E-state index in [0.29, 0.717) is 5.56 Å². The van der Waals surface area contributed by atoms with Crippen LogP contribution in [0.5, 0.6) is 0 Å². The van der Waals surface area contributed by atoms with Gasteiger partial charge in [-0.1, -0.05) is 23.4 Å². The first-order valence-electron chi connectivity index (χ1n) is 8.09. The zero-order chi connectivity index (χ0) is 18.5. The van der Waals surface area contributed by atoms with Gasteiger partial charge >= 0.3 is 0 Å². The summed E-state index contributed by atoms with van der Waals surface area (Å²) in [6.45, 7) is 2.23. The third-order valence-electron chi connectivity index (χ3n) is 3.95. The zero-order valence-corrected chi connectivity index (χ0v) is 14.5. The van der Waals surface area contributed by atoms with Crippen molar-refractivity contribution in [2.24, 2.45) is 0 Å². The lowest BCUT2D eigenvalue weighted by molar-refractivity contribution is -0.384. The highest BCUT2D eigenvalue weighted by atomic mass is 16.6. The van der Waals surface area contributed by atoms with Crippen molar-refractivity contribution >= 4 is 11.4 Å². The molecule has 134 valence electrons. The molecule has 0 aliphatic heterocycles. The van der Waals surface area contributed by atoms with Gasteiger partial charge in [0.25, 0.3) is 5.69 Å². The van der Waals surface area contributed by atoms with Crippen molar-refractivity contribution in [3.63, 3.8) is 0 Å². The molecule has 8 nitrogen and oxygen atoms in total. The second kappa shape index (κ2) is 7.75. The van der Waals surface area contributed by atoms with Gasteiger partial charge in [-0.15, -0.1) is 5.10 Å². The smallest absolute Gasteiger partial charge is 0.269 e. The topological polar surface area (TPSA) is 95.1 Å². The van der Waals surface area contributed by atoms with Gasteiger partial charge in [0.1, 0.15) is 5.69 Å². The largest absolute Gasteiger partial charge is 0.380 e. The minimum absolute atomic E-state index is 0.0327. The first-order valence-corrected chi connectivity index (χ1v) is 8.09. The molecule has 2 aromatic carbocycles. The van der Waals surface area contributed by atoms with Gasteiger partial charge in [-0.25, -0.2) is 4.68 Å². The maximum Gasteiger partial charge on any atom is 0.269 e.